The number of allylic oxidation sites excluding steroid dienone is 2. The van der Waals surface area contributed by atoms with Crippen molar-refractivity contribution >= 4 is 6.29 Å². The largest absolute Gasteiger partial charge is 0.303 e. The third kappa shape index (κ3) is 6.72. The van der Waals surface area contributed by atoms with E-state index in [1.165, 1.54) is 64.1 Å². The summed E-state index contributed by atoms with van der Waals surface area (Å²) in [5.41, 5.74) is -0.0324. The summed E-state index contributed by atoms with van der Waals surface area (Å²) < 4.78 is 0. The maximum absolute atomic E-state index is 11.5. The number of unbranched alkanes of at least 4 members (excludes halogenated alkanes) is 8. The van der Waals surface area contributed by atoms with Crippen molar-refractivity contribution in [3.05, 3.63) is 12.2 Å². The molecule has 116 valence electrons. The van der Waals surface area contributed by atoms with Crippen molar-refractivity contribution in [3.63, 3.8) is 0 Å². The standard InChI is InChI=1S/C19H34O/c1-3-4-5-6-7-8-9-10-11-14-19(17-20)15-12-13-18(2)16-19/h12-13,17-18H,3-11,14-16H2,1-2H3/t18-,19-/m1/s1. The van der Waals surface area contributed by atoms with Gasteiger partial charge in [-0.3, -0.25) is 0 Å². The maximum atomic E-state index is 11.5. The third-order valence-corrected chi connectivity index (χ3v) is 4.75. The molecule has 0 fully saturated rings. The van der Waals surface area contributed by atoms with Gasteiger partial charge in [0.2, 0.25) is 0 Å². The van der Waals surface area contributed by atoms with Gasteiger partial charge in [-0.1, -0.05) is 83.8 Å². The minimum Gasteiger partial charge on any atom is -0.303 e. The van der Waals surface area contributed by atoms with Gasteiger partial charge in [0.15, 0.2) is 0 Å². The molecule has 1 heteroatoms. The van der Waals surface area contributed by atoms with E-state index in [1.807, 2.05) is 0 Å². The number of carbonyl (C=O) groups excluding carboxylic acids is 1. The van der Waals surface area contributed by atoms with Crippen LogP contribution in [-0.4, -0.2) is 6.29 Å². The van der Waals surface area contributed by atoms with E-state index in [9.17, 15) is 4.79 Å². The minimum absolute atomic E-state index is 0.0324. The van der Waals surface area contributed by atoms with Crippen LogP contribution in [0.1, 0.15) is 90.9 Å². The Kier molecular flexibility index (Phi) is 8.89. The van der Waals surface area contributed by atoms with Crippen LogP contribution in [0.25, 0.3) is 0 Å². The summed E-state index contributed by atoms with van der Waals surface area (Å²) in [4.78, 5) is 11.5. The summed E-state index contributed by atoms with van der Waals surface area (Å²) in [6, 6.07) is 0. The Hall–Kier alpha value is -0.590. The zero-order chi connectivity index (χ0) is 14.7. The van der Waals surface area contributed by atoms with Crippen molar-refractivity contribution in [2.45, 2.75) is 90.9 Å². The van der Waals surface area contributed by atoms with Crippen molar-refractivity contribution in [3.8, 4) is 0 Å². The first-order chi connectivity index (χ1) is 9.72. The quantitative estimate of drug-likeness (QED) is 0.254. The first-order valence-electron chi connectivity index (χ1n) is 8.85. The highest BCUT2D eigenvalue weighted by Crippen LogP contribution is 2.38. The van der Waals surface area contributed by atoms with Gasteiger partial charge in [-0.15, -0.1) is 0 Å². The normalized spacial score (nSPS) is 25.8. The lowest BCUT2D eigenvalue weighted by atomic mass is 9.71. The van der Waals surface area contributed by atoms with Crippen LogP contribution in [-0.2, 0) is 4.79 Å². The van der Waals surface area contributed by atoms with E-state index in [0.717, 1.165) is 19.3 Å². The molecule has 0 unspecified atom stereocenters. The first-order valence-corrected chi connectivity index (χ1v) is 8.85. The van der Waals surface area contributed by atoms with Crippen LogP contribution in [0.3, 0.4) is 0 Å². The molecule has 1 aliphatic carbocycles. The van der Waals surface area contributed by atoms with Crippen molar-refractivity contribution in [2.75, 3.05) is 0 Å². The van der Waals surface area contributed by atoms with Crippen LogP contribution >= 0.6 is 0 Å². The Bertz CT molecular complexity index is 281. The first kappa shape index (κ1) is 17.5. The molecular formula is C19H34O. The number of carbonyl (C=O) groups is 1. The monoisotopic (exact) mass is 278 g/mol. The Morgan fingerprint density at radius 3 is 2.20 bits per heavy atom. The molecule has 0 radical (unpaired) electrons. The SMILES string of the molecule is CCCCCCCCCCC[C@@]1(C=O)CC=C[C@@H](C)C1. The molecule has 20 heavy (non-hydrogen) atoms. The zero-order valence-corrected chi connectivity index (χ0v) is 13.7. The van der Waals surface area contributed by atoms with Gasteiger partial charge in [-0.2, -0.15) is 0 Å². The summed E-state index contributed by atoms with van der Waals surface area (Å²) in [7, 11) is 0. The zero-order valence-electron chi connectivity index (χ0n) is 13.7. The number of hydrogen-bond acceptors (Lipinski definition) is 1. The molecule has 0 saturated carbocycles. The Balaban J connectivity index is 2.05. The van der Waals surface area contributed by atoms with E-state index in [0.29, 0.717) is 5.92 Å². The molecule has 0 saturated heterocycles. The Labute approximate surface area is 126 Å². The van der Waals surface area contributed by atoms with Crippen LogP contribution in [0.15, 0.2) is 12.2 Å². The van der Waals surface area contributed by atoms with Crippen LogP contribution in [0.2, 0.25) is 0 Å². The van der Waals surface area contributed by atoms with Crippen LogP contribution < -0.4 is 0 Å². The second kappa shape index (κ2) is 10.2. The van der Waals surface area contributed by atoms with E-state index in [2.05, 4.69) is 26.0 Å². The molecule has 0 aromatic rings. The fourth-order valence-corrected chi connectivity index (χ4v) is 3.47. The molecular weight excluding hydrogens is 244 g/mol. The van der Waals surface area contributed by atoms with E-state index in [4.69, 9.17) is 0 Å². The number of hydrogen-bond donors (Lipinski definition) is 0. The molecule has 2 atom stereocenters. The molecule has 0 aromatic carbocycles. The second-order valence-electron chi connectivity index (χ2n) is 6.87. The second-order valence-corrected chi connectivity index (χ2v) is 6.87. The van der Waals surface area contributed by atoms with Crippen molar-refractivity contribution in [1.82, 2.24) is 0 Å². The molecule has 0 N–H and O–H groups in total. The van der Waals surface area contributed by atoms with Gasteiger partial charge >= 0.3 is 0 Å². The number of rotatable bonds is 11. The third-order valence-electron chi connectivity index (χ3n) is 4.75. The van der Waals surface area contributed by atoms with Crippen LogP contribution in [0.5, 0.6) is 0 Å². The lowest BCUT2D eigenvalue weighted by Crippen LogP contribution is -2.27. The molecule has 0 aromatic heterocycles. The van der Waals surface area contributed by atoms with Crippen LogP contribution in [0, 0.1) is 11.3 Å². The Morgan fingerprint density at radius 2 is 1.65 bits per heavy atom. The predicted molar refractivity (Wildman–Crippen MR) is 87.9 cm³/mol. The average Bonchev–Trinajstić information content (AvgIpc) is 2.45. The molecule has 1 aliphatic rings. The molecule has 1 rings (SSSR count). The fourth-order valence-electron chi connectivity index (χ4n) is 3.47. The highest BCUT2D eigenvalue weighted by Gasteiger charge is 2.31. The van der Waals surface area contributed by atoms with Crippen molar-refractivity contribution < 1.29 is 4.79 Å². The van der Waals surface area contributed by atoms with E-state index in [-0.39, 0.29) is 5.41 Å². The van der Waals surface area contributed by atoms with Gasteiger partial charge < -0.3 is 4.79 Å². The highest BCUT2D eigenvalue weighted by molar-refractivity contribution is 5.60. The van der Waals surface area contributed by atoms with Gasteiger partial charge in [-0.25, -0.2) is 0 Å². The average molecular weight is 278 g/mol. The predicted octanol–water partition coefficient (Wildman–Crippen LogP) is 6.08. The lowest BCUT2D eigenvalue weighted by Gasteiger charge is -2.32. The molecule has 0 heterocycles. The number of aldehydes is 1. The molecule has 0 bridgehead atoms. The summed E-state index contributed by atoms with van der Waals surface area (Å²) in [5.74, 6) is 0.576. The Morgan fingerprint density at radius 1 is 1.05 bits per heavy atom. The van der Waals surface area contributed by atoms with Gasteiger partial charge in [0.25, 0.3) is 0 Å². The summed E-state index contributed by atoms with van der Waals surface area (Å²) >= 11 is 0. The van der Waals surface area contributed by atoms with Crippen LogP contribution in [0.4, 0.5) is 0 Å². The smallest absolute Gasteiger partial charge is 0.126 e. The highest BCUT2D eigenvalue weighted by atomic mass is 16.1. The molecule has 0 aliphatic heterocycles. The van der Waals surface area contributed by atoms with Crippen molar-refractivity contribution in [2.24, 2.45) is 11.3 Å². The van der Waals surface area contributed by atoms with Gasteiger partial charge in [0, 0.05) is 5.41 Å². The van der Waals surface area contributed by atoms with E-state index in [1.54, 1.807) is 0 Å². The van der Waals surface area contributed by atoms with Gasteiger partial charge in [-0.05, 0) is 25.2 Å². The lowest BCUT2D eigenvalue weighted by molar-refractivity contribution is -0.117. The maximum Gasteiger partial charge on any atom is 0.126 e. The van der Waals surface area contributed by atoms with Gasteiger partial charge in [0.1, 0.15) is 6.29 Å². The van der Waals surface area contributed by atoms with Gasteiger partial charge in [0.05, 0.1) is 0 Å². The molecule has 1 nitrogen and oxygen atoms in total. The van der Waals surface area contributed by atoms with Crippen molar-refractivity contribution in [1.29, 1.82) is 0 Å². The minimum atomic E-state index is -0.0324. The fraction of sp³-hybridized carbons (Fsp3) is 0.842. The molecule has 0 amide bonds. The topological polar surface area (TPSA) is 17.1 Å². The van der Waals surface area contributed by atoms with E-state index < -0.39 is 0 Å². The summed E-state index contributed by atoms with van der Waals surface area (Å²) in [6.07, 6.45) is 21.1. The summed E-state index contributed by atoms with van der Waals surface area (Å²) in [5, 5.41) is 0. The van der Waals surface area contributed by atoms with E-state index >= 15 is 0 Å². The summed E-state index contributed by atoms with van der Waals surface area (Å²) in [6.45, 7) is 4.49. The molecule has 0 spiro atoms.